The molecule has 0 fully saturated rings. The van der Waals surface area contributed by atoms with Crippen molar-refractivity contribution in [1.82, 2.24) is 4.90 Å². The lowest BCUT2D eigenvalue weighted by Crippen LogP contribution is -2.19. The van der Waals surface area contributed by atoms with Crippen LogP contribution in [0.3, 0.4) is 0 Å². The highest BCUT2D eigenvalue weighted by Crippen LogP contribution is 2.42. The molecule has 0 heterocycles. The van der Waals surface area contributed by atoms with Gasteiger partial charge in [0.25, 0.3) is 0 Å². The minimum absolute atomic E-state index is 0.134. The first-order chi connectivity index (χ1) is 16.4. The van der Waals surface area contributed by atoms with E-state index in [1.54, 1.807) is 72.8 Å². The Morgan fingerprint density at radius 2 is 1.23 bits per heavy atom. The van der Waals surface area contributed by atoms with Crippen molar-refractivity contribution in [2.45, 2.75) is 6.18 Å². The SMILES string of the molecule is CN(C)CCOc1ccc(/C(=C(/c2ccccc2)C(F)(F)F)c2ccccc2)cc1.O=S(=O)(O)O. The second kappa shape index (κ2) is 12.5. The zero-order valence-electron chi connectivity index (χ0n) is 19.1. The quantitative estimate of drug-likeness (QED) is 0.323. The number of likely N-dealkylation sites (N-methyl/N-ethyl adjacent to an activating group) is 1. The topological polar surface area (TPSA) is 87.1 Å². The van der Waals surface area contributed by atoms with Crippen molar-refractivity contribution in [3.63, 3.8) is 0 Å². The molecule has 0 saturated carbocycles. The van der Waals surface area contributed by atoms with Crippen LogP contribution >= 0.6 is 0 Å². The maximum Gasteiger partial charge on any atom is 0.417 e. The predicted molar refractivity (Wildman–Crippen MR) is 130 cm³/mol. The maximum atomic E-state index is 14.3. The molecule has 2 N–H and O–H groups in total. The highest BCUT2D eigenvalue weighted by atomic mass is 32.3. The van der Waals surface area contributed by atoms with Crippen LogP contribution in [0.25, 0.3) is 11.1 Å². The van der Waals surface area contributed by atoms with Gasteiger partial charge in [0, 0.05) is 12.1 Å². The molecule has 0 aliphatic carbocycles. The Bertz CT molecular complexity index is 1190. The zero-order valence-corrected chi connectivity index (χ0v) is 19.9. The van der Waals surface area contributed by atoms with Gasteiger partial charge in [-0.25, -0.2) is 0 Å². The van der Waals surface area contributed by atoms with Gasteiger partial charge in [-0.05, 0) is 42.9 Å². The molecule has 0 spiro atoms. The van der Waals surface area contributed by atoms with E-state index in [2.05, 4.69) is 0 Å². The number of rotatable bonds is 7. The Morgan fingerprint density at radius 3 is 1.66 bits per heavy atom. The van der Waals surface area contributed by atoms with Crippen LogP contribution in [0.4, 0.5) is 13.2 Å². The molecule has 3 aromatic carbocycles. The van der Waals surface area contributed by atoms with E-state index < -0.39 is 22.1 Å². The van der Waals surface area contributed by atoms with Crippen LogP contribution in [0.2, 0.25) is 0 Å². The van der Waals surface area contributed by atoms with Crippen molar-refractivity contribution in [3.8, 4) is 5.75 Å². The van der Waals surface area contributed by atoms with Gasteiger partial charge in [-0.3, -0.25) is 9.11 Å². The molecular weight excluding hydrogens is 483 g/mol. The van der Waals surface area contributed by atoms with Crippen LogP contribution in [0, 0.1) is 0 Å². The number of alkyl halides is 3. The molecule has 6 nitrogen and oxygen atoms in total. The molecule has 0 aromatic heterocycles. The molecule has 0 bridgehead atoms. The number of allylic oxidation sites excluding steroid dienone is 1. The van der Waals surface area contributed by atoms with Crippen LogP contribution in [0.5, 0.6) is 5.75 Å². The molecule has 0 radical (unpaired) electrons. The molecule has 0 aliphatic heterocycles. The Kier molecular flexibility index (Phi) is 10.0. The third-order valence-electron chi connectivity index (χ3n) is 4.61. The average Bonchev–Trinajstić information content (AvgIpc) is 2.77. The van der Waals surface area contributed by atoms with Crippen molar-refractivity contribution < 1.29 is 35.4 Å². The summed E-state index contributed by atoms with van der Waals surface area (Å²) in [6.07, 6.45) is -4.52. The summed E-state index contributed by atoms with van der Waals surface area (Å²) in [4.78, 5) is 2.00. The molecule has 0 aliphatic rings. The number of halogens is 3. The number of nitrogens with zero attached hydrogens (tertiary/aromatic N) is 1. The molecular formula is C25H26F3NO5S. The Labute approximate surface area is 202 Å². The minimum Gasteiger partial charge on any atom is -0.492 e. The number of hydrogen-bond donors (Lipinski definition) is 2. The summed E-state index contributed by atoms with van der Waals surface area (Å²) < 4.78 is 80.1. The van der Waals surface area contributed by atoms with Gasteiger partial charge in [-0.15, -0.1) is 0 Å². The molecule has 188 valence electrons. The first-order valence-electron chi connectivity index (χ1n) is 10.4. The fraction of sp³-hybridized carbons (Fsp3) is 0.200. The maximum absolute atomic E-state index is 14.3. The number of benzene rings is 3. The molecule has 35 heavy (non-hydrogen) atoms. The van der Waals surface area contributed by atoms with Gasteiger partial charge in [0.2, 0.25) is 0 Å². The fourth-order valence-corrected chi connectivity index (χ4v) is 3.18. The van der Waals surface area contributed by atoms with Crippen molar-refractivity contribution in [3.05, 3.63) is 102 Å². The van der Waals surface area contributed by atoms with Gasteiger partial charge in [0.1, 0.15) is 12.4 Å². The van der Waals surface area contributed by atoms with Crippen LogP contribution < -0.4 is 4.74 Å². The van der Waals surface area contributed by atoms with Crippen molar-refractivity contribution in [2.75, 3.05) is 27.2 Å². The number of hydrogen-bond acceptors (Lipinski definition) is 4. The van der Waals surface area contributed by atoms with Crippen LogP contribution in [0.1, 0.15) is 16.7 Å². The molecule has 3 rings (SSSR count). The van der Waals surface area contributed by atoms with Gasteiger partial charge < -0.3 is 9.64 Å². The Morgan fingerprint density at radius 1 is 0.800 bits per heavy atom. The summed E-state index contributed by atoms with van der Waals surface area (Å²) in [5.74, 6) is 0.626. The van der Waals surface area contributed by atoms with E-state index in [1.807, 2.05) is 19.0 Å². The lowest BCUT2D eigenvalue weighted by atomic mass is 9.89. The molecule has 10 heteroatoms. The van der Waals surface area contributed by atoms with Crippen LogP contribution in [-0.2, 0) is 10.4 Å². The summed E-state index contributed by atoms with van der Waals surface area (Å²) in [7, 11) is -0.767. The summed E-state index contributed by atoms with van der Waals surface area (Å²) >= 11 is 0. The van der Waals surface area contributed by atoms with E-state index in [-0.39, 0.29) is 11.1 Å². The number of ether oxygens (including phenoxy) is 1. The minimum atomic E-state index is -4.67. The van der Waals surface area contributed by atoms with E-state index in [1.165, 1.54) is 12.1 Å². The highest BCUT2D eigenvalue weighted by molar-refractivity contribution is 7.79. The smallest absolute Gasteiger partial charge is 0.417 e. The van der Waals surface area contributed by atoms with Gasteiger partial charge in [0.15, 0.2) is 0 Å². The lowest BCUT2D eigenvalue weighted by Gasteiger charge is -2.20. The highest BCUT2D eigenvalue weighted by Gasteiger charge is 2.38. The molecule has 0 unspecified atom stereocenters. The first kappa shape index (κ1) is 28.1. The van der Waals surface area contributed by atoms with E-state index in [0.717, 1.165) is 6.54 Å². The standard InChI is InChI=1S/C25H24F3NO.H2O4S/c1-29(2)17-18-30-22-15-13-20(14-16-22)23(19-9-5-3-6-10-19)24(25(26,27)28)21-11-7-4-8-12-21;1-5(2,3)4/h3-16H,17-18H2,1-2H3;(H2,1,2,3,4)/b24-23-;. The second-order valence-corrected chi connectivity index (χ2v) is 8.50. The normalized spacial score (nSPS) is 12.5. The summed E-state index contributed by atoms with van der Waals surface area (Å²) in [6, 6.07) is 23.4. The fourth-order valence-electron chi connectivity index (χ4n) is 3.18. The molecule has 0 amide bonds. The van der Waals surface area contributed by atoms with Crippen LogP contribution in [0.15, 0.2) is 84.9 Å². The summed E-state index contributed by atoms with van der Waals surface area (Å²) in [6.45, 7) is 1.26. The predicted octanol–water partition coefficient (Wildman–Crippen LogP) is 5.50. The van der Waals surface area contributed by atoms with Crippen LogP contribution in [-0.4, -0.2) is 55.8 Å². The summed E-state index contributed by atoms with van der Waals surface area (Å²) in [5, 5.41) is 0. The molecule has 3 aromatic rings. The van der Waals surface area contributed by atoms with E-state index in [4.69, 9.17) is 22.3 Å². The van der Waals surface area contributed by atoms with E-state index in [0.29, 0.717) is 23.5 Å². The Balaban J connectivity index is 0.000000784. The molecule has 0 atom stereocenters. The first-order valence-corrected chi connectivity index (χ1v) is 11.8. The third kappa shape index (κ3) is 9.91. The van der Waals surface area contributed by atoms with Gasteiger partial charge in [0.05, 0.1) is 5.57 Å². The van der Waals surface area contributed by atoms with Crippen molar-refractivity contribution in [2.24, 2.45) is 0 Å². The Hall–Kier alpha value is -3.18. The average molecular weight is 510 g/mol. The zero-order chi connectivity index (χ0) is 26.1. The van der Waals surface area contributed by atoms with E-state index >= 15 is 0 Å². The van der Waals surface area contributed by atoms with Gasteiger partial charge >= 0.3 is 16.6 Å². The largest absolute Gasteiger partial charge is 0.492 e. The van der Waals surface area contributed by atoms with Crippen molar-refractivity contribution >= 4 is 21.5 Å². The van der Waals surface area contributed by atoms with Gasteiger partial charge in [-0.1, -0.05) is 72.8 Å². The third-order valence-corrected chi connectivity index (χ3v) is 4.61. The second-order valence-electron chi connectivity index (χ2n) is 7.60. The van der Waals surface area contributed by atoms with Gasteiger partial charge in [-0.2, -0.15) is 21.6 Å². The monoisotopic (exact) mass is 509 g/mol. The van der Waals surface area contributed by atoms with E-state index in [9.17, 15) is 13.2 Å². The molecule has 0 saturated heterocycles. The van der Waals surface area contributed by atoms with Crippen molar-refractivity contribution in [1.29, 1.82) is 0 Å². The lowest BCUT2D eigenvalue weighted by molar-refractivity contribution is -0.0685. The summed E-state index contributed by atoms with van der Waals surface area (Å²) in [5.41, 5.74) is 0.618.